The summed E-state index contributed by atoms with van der Waals surface area (Å²) in [4.78, 5) is 4.33. The molecule has 0 saturated heterocycles. The molecule has 0 fully saturated rings. The molecule has 0 aromatic heterocycles. The van der Waals surface area contributed by atoms with E-state index in [1.54, 1.807) is 0 Å². The maximum Gasteiger partial charge on any atom is 0.0273 e. The summed E-state index contributed by atoms with van der Waals surface area (Å²) in [5.41, 5.74) is 10.1. The molecule has 0 amide bonds. The van der Waals surface area contributed by atoms with E-state index in [0.29, 0.717) is 5.92 Å². The van der Waals surface area contributed by atoms with Gasteiger partial charge in [-0.25, -0.2) is 0 Å². The highest BCUT2D eigenvalue weighted by atomic mass is 14.6. The molecule has 0 spiro atoms. The third-order valence-electron chi connectivity index (χ3n) is 7.78. The van der Waals surface area contributed by atoms with Crippen LogP contribution in [0.4, 0.5) is 0 Å². The summed E-state index contributed by atoms with van der Waals surface area (Å²) in [6.07, 6.45) is 26.8. The Morgan fingerprint density at radius 3 is 2.14 bits per heavy atom. The Balaban J connectivity index is 2.41. The minimum atomic E-state index is -0.0287. The SMILES string of the molecule is C/C=C\C(CC=NC)C1=C2C=C(C(C)(C)C)C=C(CC)C=CC3=CC(C(C)(C)C)=CC(=C1)C3(C)C2. The van der Waals surface area contributed by atoms with Crippen molar-refractivity contribution in [2.24, 2.45) is 27.2 Å². The lowest BCUT2D eigenvalue weighted by Crippen LogP contribution is -2.30. The van der Waals surface area contributed by atoms with Crippen molar-refractivity contribution in [3.8, 4) is 0 Å². The Hall–Kier alpha value is -2.41. The number of hydrogen-bond acceptors (Lipinski definition) is 1. The molecule has 0 saturated carbocycles. The summed E-state index contributed by atoms with van der Waals surface area (Å²) in [7, 11) is 1.88. The second-order valence-corrected chi connectivity index (χ2v) is 12.6. The summed E-state index contributed by atoms with van der Waals surface area (Å²) in [5.74, 6) is 0.321. The van der Waals surface area contributed by atoms with E-state index in [2.05, 4.69) is 128 Å². The molecule has 1 nitrogen and oxygen atoms in total. The lowest BCUT2D eigenvalue weighted by Gasteiger charge is -2.43. The third kappa shape index (κ3) is 5.88. The van der Waals surface area contributed by atoms with Crippen LogP contribution >= 0.6 is 0 Å². The van der Waals surface area contributed by atoms with Crippen molar-refractivity contribution in [2.75, 3.05) is 7.05 Å². The third-order valence-corrected chi connectivity index (χ3v) is 7.78. The molecule has 35 heavy (non-hydrogen) atoms. The van der Waals surface area contributed by atoms with Gasteiger partial charge in [0, 0.05) is 18.4 Å². The topological polar surface area (TPSA) is 12.4 Å². The predicted molar refractivity (Wildman–Crippen MR) is 156 cm³/mol. The van der Waals surface area contributed by atoms with Crippen LogP contribution in [0.5, 0.6) is 0 Å². The first kappa shape index (κ1) is 27.2. The summed E-state index contributed by atoms with van der Waals surface area (Å²) in [5, 5.41) is 0. The molecule has 2 atom stereocenters. The second-order valence-electron chi connectivity index (χ2n) is 12.6. The van der Waals surface area contributed by atoms with Gasteiger partial charge in [-0.3, -0.25) is 0 Å². The van der Waals surface area contributed by atoms with Crippen molar-refractivity contribution in [2.45, 2.75) is 81.6 Å². The maximum atomic E-state index is 4.33. The molecule has 0 heterocycles. The molecular weight excluding hydrogens is 422 g/mol. The van der Waals surface area contributed by atoms with Gasteiger partial charge in [0.25, 0.3) is 0 Å². The number of allylic oxidation sites excluding steroid dienone is 16. The summed E-state index contributed by atoms with van der Waals surface area (Å²) in [6, 6.07) is 0. The van der Waals surface area contributed by atoms with Crippen LogP contribution in [0.15, 0.2) is 98.7 Å². The zero-order valence-corrected chi connectivity index (χ0v) is 23.9. The van der Waals surface area contributed by atoms with Crippen molar-refractivity contribution < 1.29 is 0 Å². The molecule has 188 valence electrons. The standard InChI is InChI=1S/C34H47N/c1-11-13-25(16-17-35-10)31-22-30-21-29(33(6,7)8)20-27-15-14-24(12-2)18-28(32(3,4)5)19-26(31)23-34(27,30)9/h11,13-15,17-22,25H,12,16,23H2,1-10H3/b13-11-,15-14?,24-14?,24-18?,26-19?,27-15?,28-18?,28-19?,35-17?. The van der Waals surface area contributed by atoms with E-state index in [0.717, 1.165) is 19.3 Å². The molecule has 3 rings (SSSR count). The fraction of sp³-hybridized carbons (Fsp3) is 0.500. The van der Waals surface area contributed by atoms with Gasteiger partial charge >= 0.3 is 0 Å². The minimum absolute atomic E-state index is 0.0287. The first-order chi connectivity index (χ1) is 16.3. The smallest absolute Gasteiger partial charge is 0.0273 e. The lowest BCUT2D eigenvalue weighted by atomic mass is 9.61. The van der Waals surface area contributed by atoms with E-state index in [4.69, 9.17) is 0 Å². The highest BCUT2D eigenvalue weighted by Crippen LogP contribution is 2.53. The Labute approximate surface area is 215 Å². The monoisotopic (exact) mass is 469 g/mol. The van der Waals surface area contributed by atoms with Crippen molar-refractivity contribution >= 4 is 6.21 Å². The van der Waals surface area contributed by atoms with E-state index in [1.807, 2.05) is 7.05 Å². The highest BCUT2D eigenvalue weighted by molar-refractivity contribution is 5.64. The van der Waals surface area contributed by atoms with Crippen molar-refractivity contribution in [1.29, 1.82) is 0 Å². The zero-order valence-electron chi connectivity index (χ0n) is 23.9. The van der Waals surface area contributed by atoms with E-state index < -0.39 is 0 Å². The molecular formula is C34H47N. The number of rotatable bonds is 5. The van der Waals surface area contributed by atoms with Gasteiger partial charge in [0.2, 0.25) is 0 Å². The van der Waals surface area contributed by atoms with Crippen molar-refractivity contribution in [1.82, 2.24) is 0 Å². The van der Waals surface area contributed by atoms with Gasteiger partial charge in [0.05, 0.1) is 0 Å². The van der Waals surface area contributed by atoms with Gasteiger partial charge in [0.15, 0.2) is 0 Å². The van der Waals surface area contributed by atoms with E-state index in [-0.39, 0.29) is 16.2 Å². The largest absolute Gasteiger partial charge is 0.301 e. The van der Waals surface area contributed by atoms with Crippen molar-refractivity contribution in [3.63, 3.8) is 0 Å². The summed E-state index contributed by atoms with van der Waals surface area (Å²) in [6.45, 7) is 20.8. The van der Waals surface area contributed by atoms with Crippen LogP contribution in [0.1, 0.15) is 81.6 Å². The van der Waals surface area contributed by atoms with Gasteiger partial charge < -0.3 is 4.99 Å². The Kier molecular flexibility index (Phi) is 7.99. The van der Waals surface area contributed by atoms with E-state index in [1.165, 1.54) is 39.0 Å². The van der Waals surface area contributed by atoms with Crippen LogP contribution in [-0.2, 0) is 0 Å². The Morgan fingerprint density at radius 2 is 1.57 bits per heavy atom. The maximum absolute atomic E-state index is 4.33. The minimum Gasteiger partial charge on any atom is -0.301 e. The highest BCUT2D eigenvalue weighted by Gasteiger charge is 2.40. The number of hydrogen-bond donors (Lipinski definition) is 0. The Bertz CT molecular complexity index is 1110. The second kappa shape index (κ2) is 10.3. The van der Waals surface area contributed by atoms with E-state index >= 15 is 0 Å². The fourth-order valence-corrected chi connectivity index (χ4v) is 5.24. The van der Waals surface area contributed by atoms with Crippen molar-refractivity contribution in [3.05, 3.63) is 93.7 Å². The number of fused-ring (bicyclic) bond motifs is 1. The van der Waals surface area contributed by atoms with Crippen LogP contribution in [0.2, 0.25) is 0 Å². The molecule has 0 aromatic carbocycles. The molecule has 0 aliphatic heterocycles. The first-order valence-corrected chi connectivity index (χ1v) is 13.4. The van der Waals surface area contributed by atoms with Gasteiger partial charge in [-0.15, -0.1) is 0 Å². The Morgan fingerprint density at radius 1 is 0.914 bits per heavy atom. The van der Waals surface area contributed by atoms with Gasteiger partial charge in [0.1, 0.15) is 0 Å². The molecule has 2 unspecified atom stereocenters. The summed E-state index contributed by atoms with van der Waals surface area (Å²) >= 11 is 0. The molecule has 0 radical (unpaired) electrons. The lowest BCUT2D eigenvalue weighted by molar-refractivity contribution is 0.459. The van der Waals surface area contributed by atoms with Crippen LogP contribution in [0.3, 0.4) is 0 Å². The zero-order chi connectivity index (χ0) is 26.0. The normalized spacial score (nSPS) is 24.2. The molecule has 1 heteroatoms. The van der Waals surface area contributed by atoms with Crippen LogP contribution < -0.4 is 0 Å². The predicted octanol–water partition coefficient (Wildman–Crippen LogP) is 9.69. The number of nitrogens with zero attached hydrogens (tertiary/aromatic N) is 1. The number of aliphatic imine (C=N–C) groups is 1. The molecule has 2 bridgehead atoms. The molecule has 0 N–H and O–H groups in total. The molecule has 3 aliphatic rings. The van der Waals surface area contributed by atoms with Crippen LogP contribution in [-0.4, -0.2) is 13.3 Å². The van der Waals surface area contributed by atoms with Crippen LogP contribution in [0.25, 0.3) is 0 Å². The quantitative estimate of drug-likeness (QED) is 0.281. The average molecular weight is 470 g/mol. The average Bonchev–Trinajstić information content (AvgIpc) is 2.76. The van der Waals surface area contributed by atoms with Gasteiger partial charge in [-0.1, -0.05) is 110 Å². The van der Waals surface area contributed by atoms with Crippen LogP contribution in [0, 0.1) is 22.2 Å². The van der Waals surface area contributed by atoms with Gasteiger partial charge in [-0.05, 0) is 82.2 Å². The molecule has 0 aromatic rings. The first-order valence-electron chi connectivity index (χ1n) is 13.4. The fourth-order valence-electron chi connectivity index (χ4n) is 5.24. The summed E-state index contributed by atoms with van der Waals surface area (Å²) < 4.78 is 0. The molecule has 3 aliphatic carbocycles. The van der Waals surface area contributed by atoms with Gasteiger partial charge in [-0.2, -0.15) is 0 Å². The van der Waals surface area contributed by atoms with E-state index in [9.17, 15) is 0 Å².